The van der Waals surface area contributed by atoms with Crippen molar-refractivity contribution in [3.8, 4) is 5.88 Å². The van der Waals surface area contributed by atoms with Crippen LogP contribution in [-0.2, 0) is 0 Å². The van der Waals surface area contributed by atoms with Crippen molar-refractivity contribution >= 4 is 5.69 Å². The predicted octanol–water partition coefficient (Wildman–Crippen LogP) is 2.66. The minimum atomic E-state index is 0.177. The fraction of sp³-hybridized carbons (Fsp3) is 0.231. The van der Waals surface area contributed by atoms with Crippen molar-refractivity contribution in [3.05, 3.63) is 48.4 Å². The molecule has 2 aromatic rings. The van der Waals surface area contributed by atoms with E-state index in [1.165, 1.54) is 5.56 Å². The molecule has 1 N–H and O–H groups in total. The Morgan fingerprint density at radius 2 is 1.94 bits per heavy atom. The van der Waals surface area contributed by atoms with Gasteiger partial charge in [-0.25, -0.2) is 4.98 Å². The number of ether oxygens (including phenoxy) is 1. The van der Waals surface area contributed by atoms with Gasteiger partial charge in [0.2, 0.25) is 5.88 Å². The molecule has 4 nitrogen and oxygen atoms in total. The monoisotopic (exact) mass is 229 g/mol. The van der Waals surface area contributed by atoms with Crippen molar-refractivity contribution in [2.24, 2.45) is 0 Å². The van der Waals surface area contributed by atoms with Crippen LogP contribution in [-0.4, -0.2) is 17.1 Å². The van der Waals surface area contributed by atoms with Gasteiger partial charge in [0.15, 0.2) is 0 Å². The minimum absolute atomic E-state index is 0.177. The Morgan fingerprint density at radius 3 is 2.65 bits per heavy atom. The summed E-state index contributed by atoms with van der Waals surface area (Å²) in [6, 6.07) is 7.98. The molecular formula is C13H15N3O. The summed E-state index contributed by atoms with van der Waals surface area (Å²) in [5.74, 6) is 0.605. The molecule has 1 atom stereocenters. The molecule has 0 radical (unpaired) electrons. The number of rotatable bonds is 4. The first-order valence-corrected chi connectivity index (χ1v) is 5.46. The molecule has 0 aliphatic rings. The third-order valence-electron chi connectivity index (χ3n) is 2.54. The number of aromatic nitrogens is 2. The van der Waals surface area contributed by atoms with Crippen LogP contribution in [0.5, 0.6) is 5.88 Å². The summed E-state index contributed by atoms with van der Waals surface area (Å²) in [6.45, 7) is 2.09. The summed E-state index contributed by atoms with van der Waals surface area (Å²) in [7, 11) is 1.62. The van der Waals surface area contributed by atoms with Gasteiger partial charge in [-0.1, -0.05) is 0 Å². The van der Waals surface area contributed by atoms with Gasteiger partial charge in [0.25, 0.3) is 0 Å². The van der Waals surface area contributed by atoms with Crippen molar-refractivity contribution in [2.75, 3.05) is 12.4 Å². The Kier molecular flexibility index (Phi) is 3.55. The zero-order valence-electron chi connectivity index (χ0n) is 9.92. The van der Waals surface area contributed by atoms with Crippen molar-refractivity contribution in [2.45, 2.75) is 13.0 Å². The lowest BCUT2D eigenvalue weighted by molar-refractivity contribution is 0.399. The average Bonchev–Trinajstić information content (AvgIpc) is 2.40. The van der Waals surface area contributed by atoms with Crippen LogP contribution >= 0.6 is 0 Å². The molecule has 0 saturated carbocycles. The van der Waals surface area contributed by atoms with Gasteiger partial charge >= 0.3 is 0 Å². The summed E-state index contributed by atoms with van der Waals surface area (Å²) in [4.78, 5) is 8.15. The van der Waals surface area contributed by atoms with E-state index in [-0.39, 0.29) is 6.04 Å². The molecule has 2 aromatic heterocycles. The molecule has 0 bridgehead atoms. The maximum Gasteiger partial charge on any atom is 0.237 e. The molecule has 17 heavy (non-hydrogen) atoms. The van der Waals surface area contributed by atoms with Crippen molar-refractivity contribution < 1.29 is 4.74 Å². The van der Waals surface area contributed by atoms with Gasteiger partial charge < -0.3 is 10.1 Å². The molecule has 2 rings (SSSR count). The van der Waals surface area contributed by atoms with Crippen molar-refractivity contribution in [3.63, 3.8) is 0 Å². The lowest BCUT2D eigenvalue weighted by Crippen LogP contribution is -2.08. The molecule has 1 unspecified atom stereocenters. The number of nitrogens with one attached hydrogen (secondary N) is 1. The molecule has 0 amide bonds. The first-order valence-electron chi connectivity index (χ1n) is 5.46. The number of nitrogens with zero attached hydrogens (tertiary/aromatic N) is 2. The molecule has 2 heterocycles. The summed E-state index contributed by atoms with van der Waals surface area (Å²) in [5, 5.41) is 3.36. The average molecular weight is 229 g/mol. The second-order valence-corrected chi connectivity index (χ2v) is 3.71. The van der Waals surface area contributed by atoms with E-state index in [1.54, 1.807) is 25.7 Å². The molecule has 0 fully saturated rings. The highest BCUT2D eigenvalue weighted by Gasteiger charge is 2.08. The Balaban J connectivity index is 2.16. The molecule has 0 saturated heterocycles. The third-order valence-corrected chi connectivity index (χ3v) is 2.54. The van der Waals surface area contributed by atoms with Gasteiger partial charge in [-0.3, -0.25) is 4.98 Å². The topological polar surface area (TPSA) is 47.0 Å². The highest BCUT2D eigenvalue weighted by molar-refractivity contribution is 5.53. The first-order chi connectivity index (χ1) is 8.31. The molecule has 88 valence electrons. The van der Waals surface area contributed by atoms with Gasteiger partial charge in [0.1, 0.15) is 0 Å². The van der Waals surface area contributed by atoms with Gasteiger partial charge in [-0.15, -0.1) is 0 Å². The number of hydrogen-bond acceptors (Lipinski definition) is 4. The Bertz CT molecular complexity index is 473. The Morgan fingerprint density at radius 1 is 1.18 bits per heavy atom. The van der Waals surface area contributed by atoms with Crippen LogP contribution in [0, 0.1) is 0 Å². The van der Waals surface area contributed by atoms with Gasteiger partial charge in [-0.2, -0.15) is 0 Å². The van der Waals surface area contributed by atoms with E-state index in [4.69, 9.17) is 4.74 Å². The van der Waals surface area contributed by atoms with E-state index in [9.17, 15) is 0 Å². The summed E-state index contributed by atoms with van der Waals surface area (Å²) < 4.78 is 5.20. The lowest BCUT2D eigenvalue weighted by Gasteiger charge is -2.16. The molecule has 0 spiro atoms. The van der Waals surface area contributed by atoms with Crippen LogP contribution in [0.25, 0.3) is 0 Å². The maximum atomic E-state index is 5.20. The lowest BCUT2D eigenvalue weighted by atomic mass is 10.1. The zero-order chi connectivity index (χ0) is 12.1. The normalized spacial score (nSPS) is 11.9. The molecular weight excluding hydrogens is 214 g/mol. The highest BCUT2D eigenvalue weighted by Crippen LogP contribution is 2.25. The van der Waals surface area contributed by atoms with Crippen LogP contribution in [0.1, 0.15) is 18.5 Å². The van der Waals surface area contributed by atoms with Crippen molar-refractivity contribution in [1.29, 1.82) is 0 Å². The second kappa shape index (κ2) is 5.30. The third kappa shape index (κ3) is 2.72. The standard InChI is InChI=1S/C13H15N3O/c1-10(11-5-8-14-9-6-11)16-12-4-3-7-15-13(12)17-2/h3-10,16H,1-2H3. The van der Waals surface area contributed by atoms with E-state index >= 15 is 0 Å². The van der Waals surface area contributed by atoms with Crippen molar-refractivity contribution in [1.82, 2.24) is 9.97 Å². The summed E-state index contributed by atoms with van der Waals surface area (Å²) >= 11 is 0. The summed E-state index contributed by atoms with van der Waals surface area (Å²) in [5.41, 5.74) is 2.06. The number of hydrogen-bond donors (Lipinski definition) is 1. The van der Waals surface area contributed by atoms with Crippen LogP contribution in [0.15, 0.2) is 42.9 Å². The van der Waals surface area contributed by atoms with Crippen LogP contribution < -0.4 is 10.1 Å². The fourth-order valence-corrected chi connectivity index (χ4v) is 1.63. The Hall–Kier alpha value is -2.10. The first kappa shape index (κ1) is 11.4. The minimum Gasteiger partial charge on any atom is -0.480 e. The van der Waals surface area contributed by atoms with E-state index < -0.39 is 0 Å². The largest absolute Gasteiger partial charge is 0.480 e. The van der Waals surface area contributed by atoms with Crippen LogP contribution in [0.4, 0.5) is 5.69 Å². The molecule has 0 aliphatic heterocycles. The predicted molar refractivity (Wildman–Crippen MR) is 67.1 cm³/mol. The smallest absolute Gasteiger partial charge is 0.237 e. The van der Waals surface area contributed by atoms with E-state index in [0.717, 1.165) is 5.69 Å². The Labute approximate surface area is 101 Å². The van der Waals surface area contributed by atoms with E-state index in [1.807, 2.05) is 24.3 Å². The molecule has 4 heteroatoms. The van der Waals surface area contributed by atoms with Crippen LogP contribution in [0.2, 0.25) is 0 Å². The van der Waals surface area contributed by atoms with Crippen LogP contribution in [0.3, 0.4) is 0 Å². The number of anilines is 1. The fourth-order valence-electron chi connectivity index (χ4n) is 1.63. The number of methoxy groups -OCH3 is 1. The number of pyridine rings is 2. The maximum absolute atomic E-state index is 5.20. The van der Waals surface area contributed by atoms with Gasteiger partial charge in [0.05, 0.1) is 12.8 Å². The highest BCUT2D eigenvalue weighted by atomic mass is 16.5. The van der Waals surface area contributed by atoms with Gasteiger partial charge in [-0.05, 0) is 36.8 Å². The quantitative estimate of drug-likeness (QED) is 0.875. The SMILES string of the molecule is COc1ncccc1NC(C)c1ccncc1. The summed E-state index contributed by atoms with van der Waals surface area (Å²) in [6.07, 6.45) is 5.28. The second-order valence-electron chi connectivity index (χ2n) is 3.71. The molecule has 0 aliphatic carbocycles. The zero-order valence-corrected chi connectivity index (χ0v) is 9.92. The molecule has 0 aromatic carbocycles. The van der Waals surface area contributed by atoms with Gasteiger partial charge in [0, 0.05) is 24.6 Å². The van der Waals surface area contributed by atoms with E-state index in [2.05, 4.69) is 22.2 Å². The van der Waals surface area contributed by atoms with E-state index in [0.29, 0.717) is 5.88 Å².